The monoisotopic (exact) mass is 323 g/mol. The number of nitrogens with zero attached hydrogens (tertiary/aromatic N) is 1. The van der Waals surface area contributed by atoms with E-state index in [1.165, 1.54) is 19.2 Å². The first kappa shape index (κ1) is 17.1. The third kappa shape index (κ3) is 4.26. The first-order chi connectivity index (χ1) is 9.05. The molecule has 1 aromatic rings. The molecule has 0 amide bonds. The largest absolute Gasteiger partial charge is 0.332 e. The van der Waals surface area contributed by atoms with Gasteiger partial charge < -0.3 is 0 Å². The molecule has 5 nitrogen and oxygen atoms in total. The third-order valence-corrected chi connectivity index (χ3v) is 5.49. The van der Waals surface area contributed by atoms with Crippen molar-refractivity contribution in [2.45, 2.75) is 30.1 Å². The number of hydrogen-bond donors (Lipinski definition) is 0. The molecule has 114 valence electrons. The van der Waals surface area contributed by atoms with Crippen molar-refractivity contribution >= 4 is 20.2 Å². The molecule has 0 saturated heterocycles. The summed E-state index contributed by atoms with van der Waals surface area (Å²) in [7, 11) is -7.32. The molecule has 8 heteroatoms. The van der Waals surface area contributed by atoms with Gasteiger partial charge in [0.2, 0.25) is 10.0 Å². The lowest BCUT2D eigenvalue weighted by Gasteiger charge is -2.18. The normalized spacial score (nSPS) is 13.1. The highest BCUT2D eigenvalue weighted by molar-refractivity contribution is 7.89. The van der Waals surface area contributed by atoms with Gasteiger partial charge in [0, 0.05) is 13.6 Å². The molecular formula is C12H18FNO4S2. The van der Waals surface area contributed by atoms with Crippen molar-refractivity contribution in [3.05, 3.63) is 24.3 Å². The lowest BCUT2D eigenvalue weighted by molar-refractivity contribution is 0.428. The van der Waals surface area contributed by atoms with Crippen molar-refractivity contribution < 1.29 is 20.7 Å². The second kappa shape index (κ2) is 6.19. The molecule has 0 fully saturated rings. The van der Waals surface area contributed by atoms with Gasteiger partial charge >= 0.3 is 10.2 Å². The molecule has 0 aromatic heterocycles. The Morgan fingerprint density at radius 3 is 2.20 bits per heavy atom. The van der Waals surface area contributed by atoms with Gasteiger partial charge in [0.1, 0.15) is 0 Å². The van der Waals surface area contributed by atoms with Crippen LogP contribution < -0.4 is 0 Å². The van der Waals surface area contributed by atoms with Crippen LogP contribution in [0.3, 0.4) is 0 Å². The third-order valence-electron chi connectivity index (χ3n) is 2.82. The summed E-state index contributed by atoms with van der Waals surface area (Å²) in [6.07, 6.45) is 0.677. The molecule has 0 saturated carbocycles. The van der Waals surface area contributed by atoms with Crippen molar-refractivity contribution in [1.29, 1.82) is 0 Å². The number of benzene rings is 1. The van der Waals surface area contributed by atoms with Crippen LogP contribution in [0.1, 0.15) is 20.3 Å². The first-order valence-electron chi connectivity index (χ1n) is 6.06. The van der Waals surface area contributed by atoms with Gasteiger partial charge in [0.25, 0.3) is 0 Å². The van der Waals surface area contributed by atoms with E-state index in [0.717, 1.165) is 16.4 Å². The molecule has 0 spiro atoms. The van der Waals surface area contributed by atoms with Crippen molar-refractivity contribution in [1.82, 2.24) is 4.31 Å². The van der Waals surface area contributed by atoms with E-state index >= 15 is 0 Å². The fourth-order valence-corrected chi connectivity index (χ4v) is 3.34. The van der Waals surface area contributed by atoms with Crippen LogP contribution in [-0.2, 0) is 20.2 Å². The molecular weight excluding hydrogens is 305 g/mol. The van der Waals surface area contributed by atoms with E-state index in [1.807, 2.05) is 13.8 Å². The molecule has 0 radical (unpaired) electrons. The second-order valence-electron chi connectivity index (χ2n) is 4.92. The molecule has 0 unspecified atom stereocenters. The van der Waals surface area contributed by atoms with Gasteiger partial charge in [0.15, 0.2) is 0 Å². The number of halogens is 1. The Hall–Kier alpha value is -0.990. The Morgan fingerprint density at radius 2 is 1.70 bits per heavy atom. The minimum Gasteiger partial charge on any atom is -0.207 e. The molecule has 0 aliphatic heterocycles. The Bertz CT molecular complexity index is 668. The van der Waals surface area contributed by atoms with E-state index < -0.39 is 25.1 Å². The van der Waals surface area contributed by atoms with Gasteiger partial charge in [-0.3, -0.25) is 0 Å². The lowest BCUT2D eigenvalue weighted by Crippen LogP contribution is -2.28. The van der Waals surface area contributed by atoms with Crippen LogP contribution in [0.15, 0.2) is 34.1 Å². The highest BCUT2D eigenvalue weighted by atomic mass is 32.3. The van der Waals surface area contributed by atoms with Crippen molar-refractivity contribution in [2.75, 3.05) is 13.6 Å². The SMILES string of the molecule is CC(C)CCN(C)S(=O)(=O)c1cccc(S(=O)(=O)F)c1. The maximum atomic E-state index is 12.9. The number of hydrogen-bond acceptors (Lipinski definition) is 4. The topological polar surface area (TPSA) is 71.5 Å². The summed E-state index contributed by atoms with van der Waals surface area (Å²) in [5, 5.41) is 0. The zero-order chi connectivity index (χ0) is 15.6. The lowest BCUT2D eigenvalue weighted by atomic mass is 10.1. The molecule has 0 aliphatic rings. The van der Waals surface area contributed by atoms with Crippen LogP contribution in [0, 0.1) is 5.92 Å². The van der Waals surface area contributed by atoms with E-state index in [9.17, 15) is 20.7 Å². The summed E-state index contributed by atoms with van der Waals surface area (Å²) in [4.78, 5) is -0.890. The van der Waals surface area contributed by atoms with Crippen LogP contribution in [0.5, 0.6) is 0 Å². The summed E-state index contributed by atoms with van der Waals surface area (Å²) in [5.41, 5.74) is 0. The van der Waals surface area contributed by atoms with Crippen LogP contribution >= 0.6 is 0 Å². The Balaban J connectivity index is 3.10. The zero-order valence-corrected chi connectivity index (χ0v) is 13.2. The average Bonchev–Trinajstić information content (AvgIpc) is 2.34. The Morgan fingerprint density at radius 1 is 1.15 bits per heavy atom. The highest BCUT2D eigenvalue weighted by Crippen LogP contribution is 2.20. The average molecular weight is 323 g/mol. The molecule has 0 N–H and O–H groups in total. The van der Waals surface area contributed by atoms with Gasteiger partial charge in [-0.25, -0.2) is 12.7 Å². The van der Waals surface area contributed by atoms with E-state index in [2.05, 4.69) is 0 Å². The number of rotatable bonds is 6. The maximum absolute atomic E-state index is 12.9. The summed E-state index contributed by atoms with van der Waals surface area (Å²) in [6, 6.07) is 4.30. The predicted molar refractivity (Wildman–Crippen MR) is 74.0 cm³/mol. The molecule has 0 aliphatic carbocycles. The summed E-state index contributed by atoms with van der Waals surface area (Å²) in [6.45, 7) is 4.25. The summed E-state index contributed by atoms with van der Waals surface area (Å²) >= 11 is 0. The Labute approximate surface area is 119 Å². The van der Waals surface area contributed by atoms with E-state index in [0.29, 0.717) is 18.9 Å². The van der Waals surface area contributed by atoms with Crippen molar-refractivity contribution in [3.63, 3.8) is 0 Å². The molecule has 0 atom stereocenters. The van der Waals surface area contributed by atoms with Crippen molar-refractivity contribution in [3.8, 4) is 0 Å². The van der Waals surface area contributed by atoms with Gasteiger partial charge in [-0.15, -0.1) is 3.89 Å². The number of sulfonamides is 1. The molecule has 0 bridgehead atoms. The van der Waals surface area contributed by atoms with Crippen LogP contribution in [0.2, 0.25) is 0 Å². The van der Waals surface area contributed by atoms with Crippen LogP contribution in [0.4, 0.5) is 3.89 Å². The van der Waals surface area contributed by atoms with E-state index in [-0.39, 0.29) is 4.90 Å². The molecule has 1 rings (SSSR count). The zero-order valence-electron chi connectivity index (χ0n) is 11.6. The van der Waals surface area contributed by atoms with Gasteiger partial charge in [0.05, 0.1) is 9.79 Å². The minimum absolute atomic E-state index is 0.234. The van der Waals surface area contributed by atoms with Crippen molar-refractivity contribution in [2.24, 2.45) is 5.92 Å². The standard InChI is InChI=1S/C12H18FNO4S2/c1-10(2)7-8-14(3)20(17,18)12-6-4-5-11(9-12)19(13,15)16/h4-6,9-10H,7-8H2,1-3H3. The fourth-order valence-electron chi connectivity index (χ4n) is 1.53. The summed E-state index contributed by atoms with van der Waals surface area (Å²) < 4.78 is 60.2. The smallest absolute Gasteiger partial charge is 0.207 e. The molecule has 1 aromatic carbocycles. The fraction of sp³-hybridized carbons (Fsp3) is 0.500. The van der Waals surface area contributed by atoms with Gasteiger partial charge in [-0.1, -0.05) is 19.9 Å². The van der Waals surface area contributed by atoms with E-state index in [1.54, 1.807) is 0 Å². The van der Waals surface area contributed by atoms with Gasteiger partial charge in [-0.2, -0.15) is 8.42 Å². The minimum atomic E-state index is -4.92. The van der Waals surface area contributed by atoms with E-state index in [4.69, 9.17) is 0 Å². The highest BCUT2D eigenvalue weighted by Gasteiger charge is 2.23. The first-order valence-corrected chi connectivity index (χ1v) is 8.88. The second-order valence-corrected chi connectivity index (χ2v) is 8.31. The predicted octanol–water partition coefficient (Wildman–Crippen LogP) is 2.01. The van der Waals surface area contributed by atoms with Crippen LogP contribution in [0.25, 0.3) is 0 Å². The van der Waals surface area contributed by atoms with Gasteiger partial charge in [-0.05, 0) is 30.5 Å². The quantitative estimate of drug-likeness (QED) is 0.751. The van der Waals surface area contributed by atoms with Crippen LogP contribution in [-0.4, -0.2) is 34.7 Å². The molecule has 20 heavy (non-hydrogen) atoms. The molecule has 0 heterocycles. The Kier molecular flexibility index (Phi) is 5.28. The maximum Gasteiger partial charge on any atom is 0.332 e. The summed E-state index contributed by atoms with van der Waals surface area (Å²) in [5.74, 6) is 0.338.